The number of hydrogen-bond donors (Lipinski definition) is 1. The third kappa shape index (κ3) is 4.10. The van der Waals surface area contributed by atoms with Crippen molar-refractivity contribution in [2.45, 2.75) is 32.4 Å². The molecule has 23 heavy (non-hydrogen) atoms. The van der Waals surface area contributed by atoms with E-state index < -0.39 is 0 Å². The standard InChI is InChI=1S/C15H21N7O/c1-12(14(23)20-15-17-5-3-6-18-15)21-7-2-4-13(8-21)9-22-11-16-10-19-22/h3,5-6,10-13H,2,4,7-9H2,1H3,(H,17,18,20,23)/t12-,13-/m1/s1. The number of hydrogen-bond acceptors (Lipinski definition) is 6. The lowest BCUT2D eigenvalue weighted by Gasteiger charge is -2.35. The summed E-state index contributed by atoms with van der Waals surface area (Å²) >= 11 is 0. The van der Waals surface area contributed by atoms with Crippen LogP contribution in [0, 0.1) is 5.92 Å². The molecular weight excluding hydrogens is 294 g/mol. The average Bonchev–Trinajstić information content (AvgIpc) is 3.08. The fourth-order valence-electron chi connectivity index (χ4n) is 2.93. The molecule has 1 aliphatic heterocycles. The van der Waals surface area contributed by atoms with E-state index in [0.717, 1.165) is 32.5 Å². The molecule has 1 amide bonds. The van der Waals surface area contributed by atoms with Gasteiger partial charge in [0, 0.05) is 25.5 Å². The van der Waals surface area contributed by atoms with Gasteiger partial charge in [0.25, 0.3) is 0 Å². The molecule has 1 fully saturated rings. The molecule has 3 rings (SSSR count). The highest BCUT2D eigenvalue weighted by molar-refractivity contribution is 5.93. The number of carbonyl (C=O) groups excluding carboxylic acids is 1. The minimum absolute atomic E-state index is 0.0717. The Morgan fingerprint density at radius 1 is 1.43 bits per heavy atom. The molecular formula is C15H21N7O. The summed E-state index contributed by atoms with van der Waals surface area (Å²) < 4.78 is 1.86. The average molecular weight is 315 g/mol. The maximum Gasteiger partial charge on any atom is 0.243 e. The molecule has 122 valence electrons. The highest BCUT2D eigenvalue weighted by Gasteiger charge is 2.28. The molecule has 0 aliphatic carbocycles. The summed E-state index contributed by atoms with van der Waals surface area (Å²) in [7, 11) is 0. The quantitative estimate of drug-likeness (QED) is 0.878. The van der Waals surface area contributed by atoms with Gasteiger partial charge < -0.3 is 0 Å². The number of aromatic nitrogens is 5. The SMILES string of the molecule is C[C@H](C(=O)Nc1ncccn1)N1CCC[C@@H](Cn2cncn2)C1. The van der Waals surface area contributed by atoms with Crippen molar-refractivity contribution in [1.82, 2.24) is 29.6 Å². The van der Waals surface area contributed by atoms with Gasteiger partial charge in [-0.1, -0.05) is 0 Å². The van der Waals surface area contributed by atoms with E-state index in [1.165, 1.54) is 0 Å². The first-order chi connectivity index (χ1) is 11.2. The number of amides is 1. The molecule has 0 bridgehead atoms. The molecule has 8 heteroatoms. The zero-order chi connectivity index (χ0) is 16.1. The predicted octanol–water partition coefficient (Wildman–Crippen LogP) is 0.807. The van der Waals surface area contributed by atoms with Crippen molar-refractivity contribution in [2.75, 3.05) is 18.4 Å². The second-order valence-corrected chi connectivity index (χ2v) is 5.86. The van der Waals surface area contributed by atoms with Gasteiger partial charge in [0.05, 0.1) is 6.04 Å². The summed E-state index contributed by atoms with van der Waals surface area (Å²) in [6.45, 7) is 4.57. The molecule has 2 atom stereocenters. The molecule has 0 radical (unpaired) electrons. The summed E-state index contributed by atoms with van der Waals surface area (Å²) in [4.78, 5) is 26.6. The first kappa shape index (κ1) is 15.5. The van der Waals surface area contributed by atoms with Gasteiger partial charge in [-0.15, -0.1) is 0 Å². The van der Waals surface area contributed by atoms with Crippen LogP contribution in [-0.2, 0) is 11.3 Å². The lowest BCUT2D eigenvalue weighted by atomic mass is 9.96. The Balaban J connectivity index is 1.55. The monoisotopic (exact) mass is 315 g/mol. The molecule has 0 spiro atoms. The number of piperidine rings is 1. The van der Waals surface area contributed by atoms with E-state index >= 15 is 0 Å². The Bertz CT molecular complexity index is 616. The van der Waals surface area contributed by atoms with E-state index in [9.17, 15) is 4.79 Å². The highest BCUT2D eigenvalue weighted by Crippen LogP contribution is 2.20. The second-order valence-electron chi connectivity index (χ2n) is 5.86. The van der Waals surface area contributed by atoms with Crippen molar-refractivity contribution < 1.29 is 4.79 Å². The van der Waals surface area contributed by atoms with Crippen molar-refractivity contribution in [3.05, 3.63) is 31.1 Å². The summed E-state index contributed by atoms with van der Waals surface area (Å²) in [5.74, 6) is 0.756. The summed E-state index contributed by atoms with van der Waals surface area (Å²) in [6, 6.07) is 1.51. The van der Waals surface area contributed by atoms with Crippen LogP contribution in [0.25, 0.3) is 0 Å². The van der Waals surface area contributed by atoms with Crippen LogP contribution >= 0.6 is 0 Å². The minimum Gasteiger partial charge on any atom is -0.293 e. The van der Waals surface area contributed by atoms with Crippen LogP contribution in [0.4, 0.5) is 5.95 Å². The minimum atomic E-state index is -0.211. The molecule has 8 nitrogen and oxygen atoms in total. The predicted molar refractivity (Wildman–Crippen MR) is 84.4 cm³/mol. The number of rotatable bonds is 5. The van der Waals surface area contributed by atoms with E-state index in [2.05, 4.69) is 30.3 Å². The van der Waals surface area contributed by atoms with E-state index in [4.69, 9.17) is 0 Å². The van der Waals surface area contributed by atoms with Gasteiger partial charge in [0.15, 0.2) is 0 Å². The molecule has 0 unspecified atom stereocenters. The number of carbonyl (C=O) groups is 1. The number of nitrogens with zero attached hydrogens (tertiary/aromatic N) is 6. The Hall–Kier alpha value is -2.35. The first-order valence-corrected chi connectivity index (χ1v) is 7.86. The molecule has 3 heterocycles. The largest absolute Gasteiger partial charge is 0.293 e. The van der Waals surface area contributed by atoms with Gasteiger partial charge in [-0.25, -0.2) is 15.0 Å². The van der Waals surface area contributed by atoms with Gasteiger partial charge in [0.2, 0.25) is 11.9 Å². The maximum absolute atomic E-state index is 12.4. The summed E-state index contributed by atoms with van der Waals surface area (Å²) in [5, 5.41) is 6.93. The van der Waals surface area contributed by atoms with Crippen LogP contribution in [0.2, 0.25) is 0 Å². The van der Waals surface area contributed by atoms with E-state index in [1.807, 2.05) is 11.6 Å². The molecule has 2 aromatic heterocycles. The molecule has 1 N–H and O–H groups in total. The lowest BCUT2D eigenvalue weighted by molar-refractivity contribution is -0.121. The first-order valence-electron chi connectivity index (χ1n) is 7.86. The van der Waals surface area contributed by atoms with Crippen molar-refractivity contribution in [3.63, 3.8) is 0 Å². The molecule has 1 saturated heterocycles. The molecule has 2 aromatic rings. The van der Waals surface area contributed by atoms with Crippen molar-refractivity contribution in [1.29, 1.82) is 0 Å². The van der Waals surface area contributed by atoms with Crippen LogP contribution in [0.5, 0.6) is 0 Å². The van der Waals surface area contributed by atoms with Crippen molar-refractivity contribution in [2.24, 2.45) is 5.92 Å². The Morgan fingerprint density at radius 3 is 3.00 bits per heavy atom. The fraction of sp³-hybridized carbons (Fsp3) is 0.533. The molecule has 1 aliphatic rings. The van der Waals surface area contributed by atoms with Gasteiger partial charge >= 0.3 is 0 Å². The Kier molecular flexibility index (Phi) is 4.92. The number of likely N-dealkylation sites (tertiary alicyclic amines) is 1. The normalized spacial score (nSPS) is 20.1. The van der Waals surface area contributed by atoms with Crippen LogP contribution < -0.4 is 5.32 Å². The van der Waals surface area contributed by atoms with Gasteiger partial charge in [0.1, 0.15) is 12.7 Å². The Morgan fingerprint density at radius 2 is 2.26 bits per heavy atom. The highest BCUT2D eigenvalue weighted by atomic mass is 16.2. The van der Waals surface area contributed by atoms with Crippen LogP contribution in [0.15, 0.2) is 31.1 Å². The maximum atomic E-state index is 12.4. The third-order valence-electron chi connectivity index (χ3n) is 4.19. The zero-order valence-corrected chi connectivity index (χ0v) is 13.2. The smallest absolute Gasteiger partial charge is 0.243 e. The third-order valence-corrected chi connectivity index (χ3v) is 4.19. The molecule has 0 saturated carbocycles. The van der Waals surface area contributed by atoms with E-state index in [0.29, 0.717) is 11.9 Å². The van der Waals surface area contributed by atoms with Gasteiger partial charge in [-0.05, 0) is 38.3 Å². The van der Waals surface area contributed by atoms with E-state index in [-0.39, 0.29) is 11.9 Å². The molecule has 0 aromatic carbocycles. The zero-order valence-electron chi connectivity index (χ0n) is 13.2. The number of anilines is 1. The van der Waals surface area contributed by atoms with Crippen molar-refractivity contribution >= 4 is 11.9 Å². The van der Waals surface area contributed by atoms with Gasteiger partial charge in [-0.3, -0.25) is 19.7 Å². The lowest BCUT2D eigenvalue weighted by Crippen LogP contribution is -2.47. The van der Waals surface area contributed by atoms with Crippen molar-refractivity contribution in [3.8, 4) is 0 Å². The Labute approximate surface area is 135 Å². The van der Waals surface area contributed by atoms with Gasteiger partial charge in [-0.2, -0.15) is 5.10 Å². The van der Waals surface area contributed by atoms with Crippen LogP contribution in [0.3, 0.4) is 0 Å². The van der Waals surface area contributed by atoms with Crippen LogP contribution in [0.1, 0.15) is 19.8 Å². The summed E-state index contributed by atoms with van der Waals surface area (Å²) in [6.07, 6.45) is 8.74. The topological polar surface area (TPSA) is 88.8 Å². The fourth-order valence-corrected chi connectivity index (χ4v) is 2.93. The van der Waals surface area contributed by atoms with E-state index in [1.54, 1.807) is 31.1 Å². The van der Waals surface area contributed by atoms with Crippen LogP contribution in [-0.4, -0.2) is 54.7 Å². The number of nitrogens with one attached hydrogen (secondary N) is 1. The summed E-state index contributed by atoms with van der Waals surface area (Å²) in [5.41, 5.74) is 0. The second kappa shape index (κ2) is 7.28.